The first-order valence-electron chi connectivity index (χ1n) is 22.1. The van der Waals surface area contributed by atoms with Gasteiger partial charge in [0.15, 0.2) is 0 Å². The quantitative estimate of drug-likeness (QED) is 0.171. The standard InChI is InChI=1S/C57H34N10/c1-34-11-10-16-44(63-34)53-54(64-45-17-6-2-12-35(45)39-21-25-59-30-49(39)64)43(29-58)55(65-46-18-7-3-13-36(46)40-22-26-60-31-50(40)65)57(67-48-20-9-5-15-38(48)42-24-28-62-33-52(42)67)56(53)66-47-19-8-4-14-37(47)41-23-27-61-32-51(41)66/h2-28,30-33H,1H3. The van der Waals surface area contributed by atoms with Crippen LogP contribution in [0, 0.1) is 18.3 Å². The van der Waals surface area contributed by atoms with Crippen LogP contribution in [-0.4, -0.2) is 43.2 Å². The monoisotopic (exact) mass is 858 g/mol. The van der Waals surface area contributed by atoms with Crippen molar-refractivity contribution in [3.63, 3.8) is 0 Å². The second kappa shape index (κ2) is 14.0. The van der Waals surface area contributed by atoms with Crippen LogP contribution in [0.15, 0.2) is 189 Å². The maximum atomic E-state index is 12.5. The van der Waals surface area contributed by atoms with Crippen molar-refractivity contribution in [2.24, 2.45) is 0 Å². The maximum Gasteiger partial charge on any atom is 0.104 e. The van der Waals surface area contributed by atoms with Gasteiger partial charge in [-0.3, -0.25) is 24.9 Å². The highest BCUT2D eigenvalue weighted by molar-refractivity contribution is 6.16. The number of nitriles is 1. The summed E-state index contributed by atoms with van der Waals surface area (Å²) in [6, 6.07) is 51.1. The summed E-state index contributed by atoms with van der Waals surface area (Å²) >= 11 is 0. The van der Waals surface area contributed by atoms with E-state index in [9.17, 15) is 5.26 Å². The molecule has 0 N–H and O–H groups in total. The van der Waals surface area contributed by atoms with Crippen LogP contribution >= 0.6 is 0 Å². The van der Waals surface area contributed by atoms with Gasteiger partial charge >= 0.3 is 0 Å². The molecular formula is C57H34N10. The van der Waals surface area contributed by atoms with E-state index in [1.165, 1.54) is 0 Å². The topological polar surface area (TPSA) is 108 Å². The van der Waals surface area contributed by atoms with E-state index in [4.69, 9.17) is 24.9 Å². The van der Waals surface area contributed by atoms with Crippen LogP contribution in [0.1, 0.15) is 11.3 Å². The second-order valence-corrected chi connectivity index (χ2v) is 16.9. The Labute approximate surface area is 381 Å². The zero-order valence-electron chi connectivity index (χ0n) is 35.9. The molecule has 9 aromatic heterocycles. The molecule has 0 bridgehead atoms. The maximum absolute atomic E-state index is 12.5. The number of nitrogens with zero attached hydrogens (tertiary/aromatic N) is 10. The molecule has 0 amide bonds. The molecule has 0 spiro atoms. The van der Waals surface area contributed by atoms with Crippen molar-refractivity contribution in [1.82, 2.24) is 43.2 Å². The third-order valence-corrected chi connectivity index (χ3v) is 13.5. The van der Waals surface area contributed by atoms with Gasteiger partial charge in [0.1, 0.15) is 11.6 Å². The first-order chi connectivity index (χ1) is 33.2. The average molecular weight is 859 g/mol. The van der Waals surface area contributed by atoms with Gasteiger partial charge in [-0.25, -0.2) is 0 Å². The Bertz CT molecular complexity index is 4230. The number of aromatic nitrogens is 9. The molecule has 0 saturated heterocycles. The van der Waals surface area contributed by atoms with Crippen molar-refractivity contribution in [3.05, 3.63) is 200 Å². The van der Waals surface area contributed by atoms with Gasteiger partial charge in [-0.1, -0.05) is 78.9 Å². The van der Waals surface area contributed by atoms with Crippen molar-refractivity contribution in [3.8, 4) is 40.1 Å². The third kappa shape index (κ3) is 5.05. The SMILES string of the molecule is Cc1cccc(-c2c(-n3c4ccccc4c4ccncc43)c(C#N)c(-n3c4ccccc4c4ccncc43)c(-n3c4ccccc4c4ccncc43)c2-n2c3ccccc3c3ccncc32)n1. The molecule has 0 fully saturated rings. The Kier molecular flexibility index (Phi) is 7.73. The number of hydrogen-bond acceptors (Lipinski definition) is 6. The van der Waals surface area contributed by atoms with E-state index in [0.29, 0.717) is 22.6 Å². The Balaban J connectivity index is 1.38. The van der Waals surface area contributed by atoms with Crippen LogP contribution in [0.3, 0.4) is 0 Å². The van der Waals surface area contributed by atoms with Crippen molar-refractivity contribution >= 4 is 87.2 Å². The van der Waals surface area contributed by atoms with E-state index in [1.807, 2.05) is 62.6 Å². The Hall–Kier alpha value is -9.46. The fourth-order valence-corrected chi connectivity index (χ4v) is 10.8. The lowest BCUT2D eigenvalue weighted by Gasteiger charge is -2.29. The number of benzene rings is 5. The van der Waals surface area contributed by atoms with Gasteiger partial charge in [0.2, 0.25) is 0 Å². The minimum atomic E-state index is 0.434. The molecule has 0 saturated carbocycles. The lowest BCUT2D eigenvalue weighted by atomic mass is 9.95. The molecule has 0 unspecified atom stereocenters. The Morgan fingerprint density at radius 3 is 1.12 bits per heavy atom. The van der Waals surface area contributed by atoms with Crippen LogP contribution in [0.5, 0.6) is 0 Å². The summed E-state index contributed by atoms with van der Waals surface area (Å²) in [5, 5.41) is 20.7. The number of para-hydroxylation sites is 4. The molecule has 0 aliphatic carbocycles. The van der Waals surface area contributed by atoms with E-state index < -0.39 is 0 Å². The molecule has 10 nitrogen and oxygen atoms in total. The molecule has 312 valence electrons. The summed E-state index contributed by atoms with van der Waals surface area (Å²) in [7, 11) is 0. The number of fused-ring (bicyclic) bond motifs is 12. The van der Waals surface area contributed by atoms with Gasteiger partial charge in [0.25, 0.3) is 0 Å². The summed E-state index contributed by atoms with van der Waals surface area (Å²) in [5.41, 5.74) is 12.9. The Morgan fingerprint density at radius 2 is 0.716 bits per heavy atom. The third-order valence-electron chi connectivity index (χ3n) is 13.5. The highest BCUT2D eigenvalue weighted by Crippen LogP contribution is 2.51. The van der Waals surface area contributed by atoms with Crippen molar-refractivity contribution in [2.75, 3.05) is 0 Å². The predicted octanol–water partition coefficient (Wildman–Crippen LogP) is 12.9. The van der Waals surface area contributed by atoms with E-state index in [2.05, 4.69) is 158 Å². The summed E-state index contributed by atoms with van der Waals surface area (Å²) in [5.74, 6) is 0. The Morgan fingerprint density at radius 1 is 0.358 bits per heavy atom. The van der Waals surface area contributed by atoms with Gasteiger partial charge in [-0.15, -0.1) is 0 Å². The molecule has 0 atom stereocenters. The lowest BCUT2D eigenvalue weighted by Crippen LogP contribution is -2.17. The lowest BCUT2D eigenvalue weighted by molar-refractivity contribution is 1.02. The molecular weight excluding hydrogens is 825 g/mol. The highest BCUT2D eigenvalue weighted by Gasteiger charge is 2.35. The summed E-state index contributed by atoms with van der Waals surface area (Å²) in [4.78, 5) is 24.5. The van der Waals surface area contributed by atoms with E-state index >= 15 is 0 Å². The van der Waals surface area contributed by atoms with E-state index in [1.54, 1.807) is 0 Å². The zero-order valence-corrected chi connectivity index (χ0v) is 35.9. The fourth-order valence-electron chi connectivity index (χ4n) is 10.8. The number of rotatable bonds is 5. The minimum Gasteiger partial charge on any atom is -0.306 e. The van der Waals surface area contributed by atoms with Gasteiger partial charge in [-0.05, 0) is 67.6 Å². The van der Waals surface area contributed by atoms with Crippen molar-refractivity contribution in [2.45, 2.75) is 6.92 Å². The van der Waals surface area contributed by atoms with Crippen LogP contribution in [0.2, 0.25) is 0 Å². The largest absolute Gasteiger partial charge is 0.306 e. The van der Waals surface area contributed by atoms with E-state index in [0.717, 1.165) is 110 Å². The smallest absolute Gasteiger partial charge is 0.104 e. The van der Waals surface area contributed by atoms with Gasteiger partial charge in [0, 0.05) is 73.6 Å². The highest BCUT2D eigenvalue weighted by atomic mass is 15.1. The second-order valence-electron chi connectivity index (χ2n) is 16.9. The minimum absolute atomic E-state index is 0.434. The summed E-state index contributed by atoms with van der Waals surface area (Å²) in [6.07, 6.45) is 15.1. The summed E-state index contributed by atoms with van der Waals surface area (Å²) < 4.78 is 9.14. The number of pyridine rings is 5. The molecule has 5 aromatic carbocycles. The molecule has 9 heterocycles. The molecule has 10 heteroatoms. The molecule has 0 radical (unpaired) electrons. The van der Waals surface area contributed by atoms with Crippen LogP contribution < -0.4 is 0 Å². The molecule has 0 aliphatic rings. The van der Waals surface area contributed by atoms with Gasteiger partial charge in [-0.2, -0.15) is 5.26 Å². The first-order valence-corrected chi connectivity index (χ1v) is 22.1. The first kappa shape index (κ1) is 37.0. The number of hydrogen-bond donors (Lipinski definition) is 0. The molecule has 0 aliphatic heterocycles. The van der Waals surface area contributed by atoms with E-state index in [-0.39, 0.29) is 0 Å². The van der Waals surface area contributed by atoms with Crippen molar-refractivity contribution < 1.29 is 0 Å². The van der Waals surface area contributed by atoms with Gasteiger partial charge in [0.05, 0.1) is 103 Å². The fraction of sp³-hybridized carbons (Fsp3) is 0.0175. The molecule has 67 heavy (non-hydrogen) atoms. The summed E-state index contributed by atoms with van der Waals surface area (Å²) in [6.45, 7) is 2.02. The number of aryl methyl sites for hydroxylation is 1. The van der Waals surface area contributed by atoms with Crippen LogP contribution in [-0.2, 0) is 0 Å². The van der Waals surface area contributed by atoms with Crippen molar-refractivity contribution in [1.29, 1.82) is 5.26 Å². The predicted molar refractivity (Wildman–Crippen MR) is 268 cm³/mol. The molecule has 14 aromatic rings. The molecule has 14 rings (SSSR count). The normalized spacial score (nSPS) is 11.9. The van der Waals surface area contributed by atoms with Gasteiger partial charge < -0.3 is 18.3 Å². The zero-order chi connectivity index (χ0) is 44.3. The van der Waals surface area contributed by atoms with Crippen LogP contribution in [0.4, 0.5) is 0 Å². The van der Waals surface area contributed by atoms with Crippen LogP contribution in [0.25, 0.3) is 121 Å². The average Bonchev–Trinajstić information content (AvgIpc) is 4.11.